The van der Waals surface area contributed by atoms with Gasteiger partial charge in [0.05, 0.1) is 18.6 Å². The van der Waals surface area contributed by atoms with Crippen LogP contribution in [0.5, 0.6) is 0 Å². The number of rotatable bonds is 6. The Hall–Kier alpha value is -2.45. The highest BCUT2D eigenvalue weighted by Gasteiger charge is 2.23. The Bertz CT molecular complexity index is 851. The molecule has 2 rings (SSSR count). The molecule has 0 atom stereocenters. The van der Waals surface area contributed by atoms with Gasteiger partial charge in [0, 0.05) is 12.6 Å². The van der Waals surface area contributed by atoms with E-state index in [0.717, 1.165) is 4.31 Å². The number of nitrogens with zero attached hydrogens (tertiary/aromatic N) is 1. The van der Waals surface area contributed by atoms with Crippen LogP contribution in [0.4, 0.5) is 0 Å². The number of ketones is 1. The maximum atomic E-state index is 12.5. The Morgan fingerprint density at radius 3 is 2.29 bits per heavy atom. The van der Waals surface area contributed by atoms with E-state index in [-0.39, 0.29) is 23.0 Å². The third-order valence-electron chi connectivity index (χ3n) is 3.40. The Balaban J connectivity index is 2.18. The second-order valence-electron chi connectivity index (χ2n) is 5.10. The highest BCUT2D eigenvalue weighted by Crippen LogP contribution is 2.19. The minimum absolute atomic E-state index is 0.00380. The summed E-state index contributed by atoms with van der Waals surface area (Å²) in [4.78, 5) is 22.7. The van der Waals surface area contributed by atoms with E-state index < -0.39 is 16.0 Å². The summed E-state index contributed by atoms with van der Waals surface area (Å²) < 4.78 is 35.9. The average molecular weight is 351 g/mol. The van der Waals surface area contributed by atoms with Crippen molar-refractivity contribution in [1.29, 1.82) is 0 Å². The number of carbonyl (C=O) groups is 2. The molecule has 0 aliphatic heterocycles. The van der Waals surface area contributed by atoms with Gasteiger partial charge in [-0.2, -0.15) is 4.31 Å². The smallest absolute Gasteiger partial charge is 0.373 e. The molecule has 0 aliphatic carbocycles. The lowest BCUT2D eigenvalue weighted by atomic mass is 10.2. The van der Waals surface area contributed by atoms with Crippen molar-refractivity contribution in [2.24, 2.45) is 0 Å². The molecule has 7 nitrogen and oxygen atoms in total. The van der Waals surface area contributed by atoms with Crippen LogP contribution >= 0.6 is 0 Å². The van der Waals surface area contributed by atoms with Crippen molar-refractivity contribution < 1.29 is 27.2 Å². The summed E-state index contributed by atoms with van der Waals surface area (Å²) in [6, 6.07) is 8.62. The molecule has 0 aliphatic rings. The molecule has 0 bridgehead atoms. The molecule has 128 valence electrons. The molecule has 2 aromatic rings. The fraction of sp³-hybridized carbons (Fsp3) is 0.250. The summed E-state index contributed by atoms with van der Waals surface area (Å²) in [6.45, 7) is 1.36. The van der Waals surface area contributed by atoms with Crippen LogP contribution in [0.1, 0.15) is 33.6 Å². The van der Waals surface area contributed by atoms with E-state index in [0.29, 0.717) is 11.3 Å². The molecule has 1 heterocycles. The van der Waals surface area contributed by atoms with Gasteiger partial charge in [-0.25, -0.2) is 13.2 Å². The Kier molecular flexibility index (Phi) is 5.20. The van der Waals surface area contributed by atoms with Crippen LogP contribution in [-0.4, -0.2) is 38.6 Å². The number of carbonyl (C=O) groups excluding carboxylic acids is 2. The molecule has 1 aromatic heterocycles. The fourth-order valence-corrected chi connectivity index (χ4v) is 3.16. The summed E-state index contributed by atoms with van der Waals surface area (Å²) in [6.07, 6.45) is 0. The number of Topliss-reactive ketones (excluding diaryl/α,β-unsaturated/α-hetero) is 1. The van der Waals surface area contributed by atoms with Crippen LogP contribution in [-0.2, 0) is 21.3 Å². The first-order chi connectivity index (χ1) is 11.3. The molecule has 0 saturated heterocycles. The van der Waals surface area contributed by atoms with Gasteiger partial charge in [0.25, 0.3) is 0 Å². The lowest BCUT2D eigenvalue weighted by Crippen LogP contribution is -2.26. The second-order valence-corrected chi connectivity index (χ2v) is 7.14. The molecule has 8 heteroatoms. The molecule has 0 saturated carbocycles. The van der Waals surface area contributed by atoms with E-state index in [1.54, 1.807) is 0 Å². The van der Waals surface area contributed by atoms with Crippen molar-refractivity contribution in [2.45, 2.75) is 18.4 Å². The zero-order valence-electron chi connectivity index (χ0n) is 13.5. The van der Waals surface area contributed by atoms with Gasteiger partial charge in [-0.1, -0.05) is 12.1 Å². The summed E-state index contributed by atoms with van der Waals surface area (Å²) in [5, 5.41) is 0. The van der Waals surface area contributed by atoms with Gasteiger partial charge in [-0.05, 0) is 31.2 Å². The maximum Gasteiger partial charge on any atom is 0.373 e. The van der Waals surface area contributed by atoms with E-state index in [2.05, 4.69) is 4.74 Å². The van der Waals surface area contributed by atoms with Crippen molar-refractivity contribution in [2.75, 3.05) is 14.2 Å². The van der Waals surface area contributed by atoms with Crippen LogP contribution in [0.2, 0.25) is 0 Å². The van der Waals surface area contributed by atoms with Crippen molar-refractivity contribution >= 4 is 21.8 Å². The number of sulfonamides is 1. The quantitative estimate of drug-likeness (QED) is 0.584. The number of furan rings is 1. The van der Waals surface area contributed by atoms with Crippen LogP contribution in [0, 0.1) is 0 Å². The first-order valence-electron chi connectivity index (χ1n) is 7.00. The molecule has 0 spiro atoms. The minimum Gasteiger partial charge on any atom is -0.463 e. The summed E-state index contributed by atoms with van der Waals surface area (Å²) >= 11 is 0. The first-order valence-corrected chi connectivity index (χ1v) is 8.44. The van der Waals surface area contributed by atoms with E-state index >= 15 is 0 Å². The number of methoxy groups -OCH3 is 1. The van der Waals surface area contributed by atoms with Gasteiger partial charge in [0.1, 0.15) is 5.76 Å². The highest BCUT2D eigenvalue weighted by molar-refractivity contribution is 7.89. The van der Waals surface area contributed by atoms with E-state index in [1.165, 1.54) is 57.5 Å². The molecule has 1 aromatic carbocycles. The molecule has 0 fully saturated rings. The van der Waals surface area contributed by atoms with E-state index in [4.69, 9.17) is 4.42 Å². The molecular weight excluding hydrogens is 334 g/mol. The fourth-order valence-electron chi connectivity index (χ4n) is 2.02. The van der Waals surface area contributed by atoms with Crippen molar-refractivity contribution in [3.05, 3.63) is 53.5 Å². The first kappa shape index (κ1) is 17.9. The van der Waals surface area contributed by atoms with Crippen molar-refractivity contribution in [3.8, 4) is 0 Å². The Labute approximate surface area is 139 Å². The predicted molar refractivity (Wildman–Crippen MR) is 85.1 cm³/mol. The molecule has 0 unspecified atom stereocenters. The maximum absolute atomic E-state index is 12.5. The molecular formula is C16H17NO6S. The normalized spacial score (nSPS) is 11.5. The lowest BCUT2D eigenvalue weighted by Gasteiger charge is -2.16. The third-order valence-corrected chi connectivity index (χ3v) is 5.21. The van der Waals surface area contributed by atoms with Gasteiger partial charge in [-0.3, -0.25) is 4.79 Å². The monoisotopic (exact) mass is 351 g/mol. The zero-order chi connectivity index (χ0) is 17.9. The minimum atomic E-state index is -3.75. The van der Waals surface area contributed by atoms with Crippen LogP contribution in [0.3, 0.4) is 0 Å². The number of ether oxygens (including phenoxy) is 1. The molecule has 24 heavy (non-hydrogen) atoms. The van der Waals surface area contributed by atoms with Crippen molar-refractivity contribution in [3.63, 3.8) is 0 Å². The van der Waals surface area contributed by atoms with Gasteiger partial charge >= 0.3 is 5.97 Å². The summed E-state index contributed by atoms with van der Waals surface area (Å²) in [7, 11) is -1.12. The Morgan fingerprint density at radius 1 is 1.12 bits per heavy atom. The van der Waals surface area contributed by atoms with Gasteiger partial charge in [0.2, 0.25) is 15.8 Å². The van der Waals surface area contributed by atoms with Crippen LogP contribution < -0.4 is 0 Å². The summed E-state index contributed by atoms with van der Waals surface area (Å²) in [5.74, 6) is -0.462. The second kappa shape index (κ2) is 6.98. The van der Waals surface area contributed by atoms with E-state index in [9.17, 15) is 18.0 Å². The van der Waals surface area contributed by atoms with Gasteiger partial charge in [-0.15, -0.1) is 0 Å². The largest absolute Gasteiger partial charge is 0.463 e. The lowest BCUT2D eigenvalue weighted by molar-refractivity contribution is 0.0562. The average Bonchev–Trinajstić information content (AvgIpc) is 3.02. The summed E-state index contributed by atoms with van der Waals surface area (Å²) in [5.41, 5.74) is 0.436. The van der Waals surface area contributed by atoms with Gasteiger partial charge < -0.3 is 9.15 Å². The third kappa shape index (κ3) is 3.72. The molecule has 0 radical (unpaired) electrons. The number of esters is 1. The predicted octanol–water partition coefficient (Wildman–Crippen LogP) is 2.09. The SMILES string of the molecule is COC(=O)c1ccc(CN(C)S(=O)(=O)c2ccc(C(C)=O)cc2)o1. The van der Waals surface area contributed by atoms with Crippen LogP contribution in [0.25, 0.3) is 0 Å². The Morgan fingerprint density at radius 2 is 1.75 bits per heavy atom. The number of benzene rings is 1. The van der Waals surface area contributed by atoms with E-state index in [1.807, 2.05) is 0 Å². The molecule has 0 amide bonds. The highest BCUT2D eigenvalue weighted by atomic mass is 32.2. The van der Waals surface area contributed by atoms with Crippen molar-refractivity contribution in [1.82, 2.24) is 4.31 Å². The zero-order valence-corrected chi connectivity index (χ0v) is 14.3. The number of hydrogen-bond donors (Lipinski definition) is 0. The molecule has 0 N–H and O–H groups in total. The number of hydrogen-bond acceptors (Lipinski definition) is 6. The van der Waals surface area contributed by atoms with Crippen LogP contribution in [0.15, 0.2) is 45.7 Å². The standard InChI is InChI=1S/C16H17NO6S/c1-11(18)12-4-7-14(8-5-12)24(20,21)17(2)10-13-6-9-15(23-13)16(19)22-3/h4-9H,10H2,1-3H3. The topological polar surface area (TPSA) is 93.9 Å². The van der Waals surface area contributed by atoms with Gasteiger partial charge in [0.15, 0.2) is 5.78 Å².